The van der Waals surface area contributed by atoms with Crippen LogP contribution in [-0.2, 0) is 0 Å². The van der Waals surface area contributed by atoms with Gasteiger partial charge < -0.3 is 21.7 Å². The predicted octanol–water partition coefficient (Wildman–Crippen LogP) is -0.0977. The van der Waals surface area contributed by atoms with Gasteiger partial charge in [0.15, 0.2) is 0 Å². The summed E-state index contributed by atoms with van der Waals surface area (Å²) in [5, 5.41) is 0. The molecular weight excluding hydrogens is 264 g/mol. The van der Waals surface area contributed by atoms with Gasteiger partial charge in [0.1, 0.15) is 5.75 Å². The van der Waals surface area contributed by atoms with Gasteiger partial charge in [-0.1, -0.05) is 18.2 Å². The Balaban J connectivity index is 0.000000980. The number of hydrogen-bond acceptors (Lipinski definition) is 1. The third-order valence-corrected chi connectivity index (χ3v) is 1.65. The summed E-state index contributed by atoms with van der Waals surface area (Å²) < 4.78 is 5.52. The van der Waals surface area contributed by atoms with E-state index in [0.29, 0.717) is 0 Å². The molecule has 15 heavy (non-hydrogen) atoms. The normalized spacial score (nSPS) is 8.27. The molecule has 0 spiro atoms. The van der Waals surface area contributed by atoms with Crippen LogP contribution in [-0.4, -0.2) is 23.1 Å². The van der Waals surface area contributed by atoms with Crippen molar-refractivity contribution in [2.45, 2.75) is 0 Å². The first-order valence-corrected chi connectivity index (χ1v) is 4.15. The van der Waals surface area contributed by atoms with Gasteiger partial charge in [-0.25, -0.2) is 0 Å². The van der Waals surface area contributed by atoms with Crippen LogP contribution >= 0.6 is 0 Å². The Labute approximate surface area is 116 Å². The molecule has 72 valence electrons. The van der Waals surface area contributed by atoms with Crippen LogP contribution in [0.15, 0.2) is 54.6 Å². The second kappa shape index (κ2) is 7.74. The van der Waals surface area contributed by atoms with Crippen molar-refractivity contribution in [1.29, 1.82) is 0 Å². The van der Waals surface area contributed by atoms with Gasteiger partial charge in [0.2, 0.25) is 0 Å². The summed E-state index contributed by atoms with van der Waals surface area (Å²) in [5.74, 6) is 1.58. The zero-order valence-corrected chi connectivity index (χ0v) is 11.2. The van der Waals surface area contributed by atoms with Crippen molar-refractivity contribution in [3.05, 3.63) is 60.7 Å². The molecule has 0 fully saturated rings. The Morgan fingerprint density at radius 2 is 1.53 bits per heavy atom. The maximum absolute atomic E-state index is 5.52. The van der Waals surface area contributed by atoms with Crippen molar-refractivity contribution in [2.24, 2.45) is 0 Å². The van der Waals surface area contributed by atoms with Crippen LogP contribution in [0.1, 0.15) is 0 Å². The van der Waals surface area contributed by atoms with Crippen LogP contribution < -0.4 is 21.7 Å². The maximum Gasteiger partial charge on any atom is 2.00 e. The average molecular weight is 273 g/mol. The molecule has 0 N–H and O–H groups in total. The van der Waals surface area contributed by atoms with E-state index in [1.54, 1.807) is 0 Å². The molecule has 0 aliphatic heterocycles. The number of benzene rings is 2. The molecule has 0 aromatic heterocycles. The average Bonchev–Trinajstić information content (AvgIpc) is 2.21. The topological polar surface area (TPSA) is 9.23 Å². The van der Waals surface area contributed by atoms with Crippen LogP contribution in [0.2, 0.25) is 0 Å². The van der Waals surface area contributed by atoms with Crippen molar-refractivity contribution >= 4 is 23.1 Å². The number of para-hydroxylation sites is 2. The van der Waals surface area contributed by atoms with E-state index < -0.39 is 0 Å². The Morgan fingerprint density at radius 1 is 0.867 bits per heavy atom. The van der Waals surface area contributed by atoms with Gasteiger partial charge in [0, 0.05) is 5.75 Å². The standard InChI is InChI=1S/C12H9O.BrH.Mg/c1-3-7-11(8-4-1)13-12-9-5-2-6-10-12;;/h1-9H;1H;/q-1;;+2/p-1. The SMILES string of the molecule is [Br-].[Mg+2].[c-]1ccccc1Oc1ccccc1. The van der Waals surface area contributed by atoms with E-state index in [2.05, 4.69) is 6.07 Å². The van der Waals surface area contributed by atoms with Crippen molar-refractivity contribution in [3.8, 4) is 11.5 Å². The third kappa shape index (κ3) is 4.69. The number of ether oxygens (including phenoxy) is 1. The molecule has 0 amide bonds. The maximum atomic E-state index is 5.52. The zero-order chi connectivity index (χ0) is 8.93. The first-order chi connectivity index (χ1) is 6.45. The second-order valence-corrected chi connectivity index (χ2v) is 2.64. The number of rotatable bonds is 2. The molecule has 0 aliphatic carbocycles. The summed E-state index contributed by atoms with van der Waals surface area (Å²) in [7, 11) is 0. The van der Waals surface area contributed by atoms with Gasteiger partial charge in [-0.3, -0.25) is 0 Å². The summed E-state index contributed by atoms with van der Waals surface area (Å²) in [6, 6.07) is 20.2. The molecule has 2 aromatic carbocycles. The van der Waals surface area contributed by atoms with Crippen LogP contribution in [0.5, 0.6) is 11.5 Å². The van der Waals surface area contributed by atoms with Crippen molar-refractivity contribution in [1.82, 2.24) is 0 Å². The Morgan fingerprint density at radius 3 is 2.13 bits per heavy atom. The molecule has 0 aliphatic rings. The Kier molecular flexibility index (Phi) is 7.47. The van der Waals surface area contributed by atoms with E-state index in [-0.39, 0.29) is 40.0 Å². The minimum atomic E-state index is 0. The summed E-state index contributed by atoms with van der Waals surface area (Å²) in [4.78, 5) is 0. The van der Waals surface area contributed by atoms with E-state index in [4.69, 9.17) is 4.74 Å². The van der Waals surface area contributed by atoms with Gasteiger partial charge in [0.25, 0.3) is 0 Å². The van der Waals surface area contributed by atoms with Crippen LogP contribution in [0.4, 0.5) is 0 Å². The number of halogens is 1. The fraction of sp³-hybridized carbons (Fsp3) is 0. The van der Waals surface area contributed by atoms with Gasteiger partial charge in [-0.05, 0) is 12.1 Å². The minimum absolute atomic E-state index is 0. The smallest absolute Gasteiger partial charge is 1.00 e. The van der Waals surface area contributed by atoms with E-state index in [1.165, 1.54) is 0 Å². The van der Waals surface area contributed by atoms with Crippen LogP contribution in [0.25, 0.3) is 0 Å². The summed E-state index contributed by atoms with van der Waals surface area (Å²) >= 11 is 0. The molecule has 3 heteroatoms. The third-order valence-electron chi connectivity index (χ3n) is 1.65. The van der Waals surface area contributed by atoms with Crippen LogP contribution in [0, 0.1) is 6.07 Å². The molecule has 0 saturated heterocycles. The van der Waals surface area contributed by atoms with Gasteiger partial charge in [0.05, 0.1) is 0 Å². The Hall–Kier alpha value is -0.514. The summed E-state index contributed by atoms with van der Waals surface area (Å²) in [6.07, 6.45) is 0. The molecule has 1 nitrogen and oxygen atoms in total. The fourth-order valence-corrected chi connectivity index (χ4v) is 1.06. The van der Waals surface area contributed by atoms with Crippen molar-refractivity contribution in [3.63, 3.8) is 0 Å². The van der Waals surface area contributed by atoms with Crippen LogP contribution in [0.3, 0.4) is 0 Å². The molecule has 2 aromatic rings. The molecule has 0 bridgehead atoms. The van der Waals surface area contributed by atoms with Crippen molar-refractivity contribution < 1.29 is 21.7 Å². The van der Waals surface area contributed by atoms with E-state index in [0.717, 1.165) is 11.5 Å². The summed E-state index contributed by atoms with van der Waals surface area (Å²) in [6.45, 7) is 0. The Bertz CT molecular complexity index is 326. The first-order valence-electron chi connectivity index (χ1n) is 4.15. The predicted molar refractivity (Wildman–Crippen MR) is 57.5 cm³/mol. The molecule has 2 rings (SSSR count). The molecule has 0 heterocycles. The molecule has 0 radical (unpaired) electrons. The molecular formula is C12H9BrMgO. The first kappa shape index (κ1) is 14.5. The van der Waals surface area contributed by atoms with Crippen molar-refractivity contribution in [2.75, 3.05) is 0 Å². The monoisotopic (exact) mass is 272 g/mol. The van der Waals surface area contributed by atoms with Gasteiger partial charge >= 0.3 is 23.1 Å². The summed E-state index contributed by atoms with van der Waals surface area (Å²) in [5.41, 5.74) is 0. The van der Waals surface area contributed by atoms with E-state index in [1.807, 2.05) is 54.6 Å². The molecule has 0 atom stereocenters. The minimum Gasteiger partial charge on any atom is -1.00 e. The molecule has 0 saturated carbocycles. The van der Waals surface area contributed by atoms with E-state index >= 15 is 0 Å². The van der Waals surface area contributed by atoms with Gasteiger partial charge in [-0.2, -0.15) is 18.2 Å². The zero-order valence-electron chi connectivity index (χ0n) is 8.19. The molecule has 0 unspecified atom stereocenters. The van der Waals surface area contributed by atoms with Gasteiger partial charge in [-0.15, -0.1) is 12.1 Å². The number of hydrogen-bond donors (Lipinski definition) is 0. The fourth-order valence-electron chi connectivity index (χ4n) is 1.06. The second-order valence-electron chi connectivity index (χ2n) is 2.64. The van der Waals surface area contributed by atoms with E-state index in [9.17, 15) is 0 Å². The largest absolute Gasteiger partial charge is 2.00 e. The quantitative estimate of drug-likeness (QED) is 0.549.